The molecule has 0 bridgehead atoms. The SMILES string of the molecule is COCc1cccc(Oc2nc(N)c(Cl)cc2Cl)c1. The molecule has 19 heavy (non-hydrogen) atoms. The van der Waals surface area contributed by atoms with E-state index in [4.69, 9.17) is 38.4 Å². The zero-order valence-corrected chi connectivity index (χ0v) is 11.7. The molecule has 0 amide bonds. The lowest BCUT2D eigenvalue weighted by molar-refractivity contribution is 0.184. The molecule has 0 unspecified atom stereocenters. The van der Waals surface area contributed by atoms with Crippen molar-refractivity contribution in [3.05, 3.63) is 45.9 Å². The fraction of sp³-hybridized carbons (Fsp3) is 0.154. The third-order valence-corrected chi connectivity index (χ3v) is 2.92. The lowest BCUT2D eigenvalue weighted by Gasteiger charge is -2.09. The molecule has 2 N–H and O–H groups in total. The monoisotopic (exact) mass is 298 g/mol. The van der Waals surface area contributed by atoms with Gasteiger partial charge in [-0.05, 0) is 23.8 Å². The molecule has 0 aliphatic heterocycles. The molecule has 1 aromatic carbocycles. The van der Waals surface area contributed by atoms with E-state index in [9.17, 15) is 0 Å². The van der Waals surface area contributed by atoms with Gasteiger partial charge in [0.1, 0.15) is 16.6 Å². The van der Waals surface area contributed by atoms with Gasteiger partial charge in [-0.15, -0.1) is 0 Å². The Kier molecular flexibility index (Phi) is 4.47. The van der Waals surface area contributed by atoms with Crippen LogP contribution in [0.1, 0.15) is 5.56 Å². The lowest BCUT2D eigenvalue weighted by atomic mass is 10.2. The summed E-state index contributed by atoms with van der Waals surface area (Å²) in [6.07, 6.45) is 0. The van der Waals surface area contributed by atoms with E-state index in [0.717, 1.165) is 5.56 Å². The smallest absolute Gasteiger partial charge is 0.240 e. The van der Waals surface area contributed by atoms with E-state index in [1.54, 1.807) is 13.2 Å². The quantitative estimate of drug-likeness (QED) is 0.930. The summed E-state index contributed by atoms with van der Waals surface area (Å²) in [6.45, 7) is 0.501. The summed E-state index contributed by atoms with van der Waals surface area (Å²) in [5.74, 6) is 0.998. The summed E-state index contributed by atoms with van der Waals surface area (Å²) in [5, 5.41) is 0.599. The number of ether oxygens (including phenoxy) is 2. The molecule has 0 saturated carbocycles. The van der Waals surface area contributed by atoms with Crippen LogP contribution in [-0.4, -0.2) is 12.1 Å². The van der Waals surface area contributed by atoms with Crippen LogP contribution in [-0.2, 0) is 11.3 Å². The number of nitrogens with zero attached hydrogens (tertiary/aromatic N) is 1. The molecule has 2 aromatic rings. The summed E-state index contributed by atoms with van der Waals surface area (Å²) in [7, 11) is 1.63. The zero-order valence-electron chi connectivity index (χ0n) is 10.2. The van der Waals surface area contributed by atoms with Crippen LogP contribution in [0.4, 0.5) is 5.82 Å². The third kappa shape index (κ3) is 3.50. The van der Waals surface area contributed by atoms with E-state index in [1.807, 2.05) is 18.2 Å². The van der Waals surface area contributed by atoms with E-state index in [1.165, 1.54) is 6.07 Å². The van der Waals surface area contributed by atoms with Gasteiger partial charge in [0.25, 0.3) is 0 Å². The molecule has 1 aromatic heterocycles. The van der Waals surface area contributed by atoms with Crippen molar-refractivity contribution in [2.45, 2.75) is 6.61 Å². The first-order valence-corrected chi connectivity index (χ1v) is 6.23. The number of pyridine rings is 1. The maximum atomic E-state index is 6.00. The van der Waals surface area contributed by atoms with Gasteiger partial charge in [-0.1, -0.05) is 35.3 Å². The summed E-state index contributed by atoms with van der Waals surface area (Å²) in [5.41, 5.74) is 6.60. The van der Waals surface area contributed by atoms with Crippen LogP contribution in [0.5, 0.6) is 11.6 Å². The van der Waals surface area contributed by atoms with Gasteiger partial charge in [-0.2, -0.15) is 4.98 Å². The van der Waals surface area contributed by atoms with Crippen LogP contribution in [0.25, 0.3) is 0 Å². The third-order valence-electron chi connectivity index (χ3n) is 2.35. The molecular formula is C13H12Cl2N2O2. The predicted octanol–water partition coefficient (Wildman–Crippen LogP) is 3.91. The second kappa shape index (κ2) is 6.10. The van der Waals surface area contributed by atoms with E-state index in [0.29, 0.717) is 22.4 Å². The van der Waals surface area contributed by atoms with Crippen molar-refractivity contribution in [1.82, 2.24) is 4.98 Å². The molecule has 4 nitrogen and oxygen atoms in total. The average molecular weight is 299 g/mol. The van der Waals surface area contributed by atoms with Crippen molar-refractivity contribution in [1.29, 1.82) is 0 Å². The van der Waals surface area contributed by atoms with Gasteiger partial charge in [-0.25, -0.2) is 0 Å². The summed E-state index contributed by atoms with van der Waals surface area (Å²) >= 11 is 11.8. The minimum Gasteiger partial charge on any atom is -0.437 e. The van der Waals surface area contributed by atoms with Crippen LogP contribution in [0.3, 0.4) is 0 Å². The van der Waals surface area contributed by atoms with Gasteiger partial charge >= 0.3 is 0 Å². The maximum absolute atomic E-state index is 6.00. The number of anilines is 1. The molecule has 2 rings (SSSR count). The largest absolute Gasteiger partial charge is 0.437 e. The number of halogens is 2. The highest BCUT2D eigenvalue weighted by Gasteiger charge is 2.09. The van der Waals surface area contributed by atoms with E-state index in [2.05, 4.69) is 4.98 Å². The number of nitrogen functional groups attached to an aromatic ring is 1. The Morgan fingerprint density at radius 2 is 2.00 bits per heavy atom. The molecule has 0 spiro atoms. The van der Waals surface area contributed by atoms with Gasteiger partial charge in [0, 0.05) is 7.11 Å². The van der Waals surface area contributed by atoms with E-state index < -0.39 is 0 Å². The molecular weight excluding hydrogens is 287 g/mol. The molecule has 0 fully saturated rings. The molecule has 1 heterocycles. The van der Waals surface area contributed by atoms with Gasteiger partial charge in [-0.3, -0.25) is 0 Å². The summed E-state index contributed by atoms with van der Waals surface area (Å²) in [4.78, 5) is 4.00. The van der Waals surface area contributed by atoms with Crippen molar-refractivity contribution in [3.8, 4) is 11.6 Å². The van der Waals surface area contributed by atoms with Gasteiger partial charge in [0.2, 0.25) is 5.88 Å². The molecule has 0 radical (unpaired) electrons. The average Bonchev–Trinajstić information content (AvgIpc) is 2.37. The summed E-state index contributed by atoms with van der Waals surface area (Å²) in [6, 6.07) is 8.92. The van der Waals surface area contributed by atoms with Crippen LogP contribution < -0.4 is 10.5 Å². The fourth-order valence-corrected chi connectivity index (χ4v) is 1.91. The molecule has 0 saturated heterocycles. The first-order chi connectivity index (χ1) is 9.10. The van der Waals surface area contributed by atoms with E-state index >= 15 is 0 Å². The number of benzene rings is 1. The van der Waals surface area contributed by atoms with Gasteiger partial charge < -0.3 is 15.2 Å². The van der Waals surface area contributed by atoms with Crippen molar-refractivity contribution >= 4 is 29.0 Å². The molecule has 0 aliphatic rings. The van der Waals surface area contributed by atoms with Gasteiger partial charge in [0.05, 0.1) is 11.6 Å². The van der Waals surface area contributed by atoms with Crippen LogP contribution >= 0.6 is 23.2 Å². The number of hydrogen-bond donors (Lipinski definition) is 1. The van der Waals surface area contributed by atoms with Crippen molar-refractivity contribution in [3.63, 3.8) is 0 Å². The number of aromatic nitrogens is 1. The Bertz CT molecular complexity index is 591. The molecule has 0 atom stereocenters. The molecule has 0 aliphatic carbocycles. The fourth-order valence-electron chi connectivity index (χ4n) is 1.51. The Morgan fingerprint density at radius 1 is 1.21 bits per heavy atom. The van der Waals surface area contributed by atoms with Crippen molar-refractivity contribution in [2.75, 3.05) is 12.8 Å². The Hall–Kier alpha value is -1.49. The molecule has 6 heteroatoms. The topological polar surface area (TPSA) is 57.4 Å². The van der Waals surface area contributed by atoms with E-state index in [-0.39, 0.29) is 11.7 Å². The summed E-state index contributed by atoms with van der Waals surface area (Å²) < 4.78 is 10.7. The normalized spacial score (nSPS) is 10.5. The van der Waals surface area contributed by atoms with Crippen LogP contribution in [0, 0.1) is 0 Å². The first kappa shape index (κ1) is 13.9. The minimum atomic E-state index is 0.175. The highest BCUT2D eigenvalue weighted by Crippen LogP contribution is 2.32. The van der Waals surface area contributed by atoms with Crippen molar-refractivity contribution in [2.24, 2.45) is 0 Å². The van der Waals surface area contributed by atoms with Crippen LogP contribution in [0.15, 0.2) is 30.3 Å². The standard InChI is InChI=1S/C13H12Cl2N2O2/c1-18-7-8-3-2-4-9(5-8)19-13-11(15)6-10(14)12(16)17-13/h2-6H,7H2,1H3,(H2,16,17). The second-order valence-electron chi connectivity index (χ2n) is 3.82. The second-order valence-corrected chi connectivity index (χ2v) is 4.64. The predicted molar refractivity (Wildman–Crippen MR) is 75.9 cm³/mol. The Balaban J connectivity index is 2.25. The molecule has 100 valence electrons. The Labute approximate surface area is 121 Å². The number of methoxy groups -OCH3 is 1. The minimum absolute atomic E-state index is 0.175. The number of nitrogens with two attached hydrogens (primary N) is 1. The zero-order chi connectivity index (χ0) is 13.8. The lowest BCUT2D eigenvalue weighted by Crippen LogP contribution is -1.96. The number of rotatable bonds is 4. The Morgan fingerprint density at radius 3 is 2.74 bits per heavy atom. The van der Waals surface area contributed by atoms with Crippen LogP contribution in [0.2, 0.25) is 10.0 Å². The maximum Gasteiger partial charge on any atom is 0.240 e. The van der Waals surface area contributed by atoms with Crippen molar-refractivity contribution < 1.29 is 9.47 Å². The first-order valence-electron chi connectivity index (χ1n) is 5.47. The number of hydrogen-bond acceptors (Lipinski definition) is 4. The van der Waals surface area contributed by atoms with Gasteiger partial charge in [0.15, 0.2) is 0 Å². The highest BCUT2D eigenvalue weighted by molar-refractivity contribution is 6.36. The highest BCUT2D eigenvalue weighted by atomic mass is 35.5.